The van der Waals surface area contributed by atoms with Crippen molar-refractivity contribution in [2.75, 3.05) is 13.4 Å². The first-order valence-electron chi connectivity index (χ1n) is 5.53. The van der Waals surface area contributed by atoms with Gasteiger partial charge in [-0.05, 0) is 30.7 Å². The normalized spacial score (nSPS) is 13.0. The molecule has 0 aromatic heterocycles. The van der Waals surface area contributed by atoms with Gasteiger partial charge in [-0.25, -0.2) is 4.79 Å². The fraction of sp³-hybridized carbons (Fsp3) is 0.231. The van der Waals surface area contributed by atoms with Crippen molar-refractivity contribution in [3.05, 3.63) is 27.7 Å². The topological polar surface area (TPSA) is 68.6 Å². The zero-order chi connectivity index (χ0) is 13.8. The maximum Gasteiger partial charge on any atom is 0.348 e. The van der Waals surface area contributed by atoms with Gasteiger partial charge in [0.05, 0.1) is 6.61 Å². The largest absolute Gasteiger partial charge is 0.462 e. The SMILES string of the molecule is CCOC(=O)/C(C#N)=C/c1cc2c(cc1Br)OCO2. The van der Waals surface area contributed by atoms with E-state index >= 15 is 0 Å². The molecule has 0 unspecified atom stereocenters. The number of hydrogen-bond donors (Lipinski definition) is 0. The molecular weight excluding hydrogens is 314 g/mol. The van der Waals surface area contributed by atoms with Gasteiger partial charge in [0.15, 0.2) is 11.5 Å². The van der Waals surface area contributed by atoms with Crippen LogP contribution in [0.3, 0.4) is 0 Å². The van der Waals surface area contributed by atoms with Crippen LogP contribution in [0.5, 0.6) is 11.5 Å². The maximum absolute atomic E-state index is 11.5. The van der Waals surface area contributed by atoms with Gasteiger partial charge in [-0.1, -0.05) is 15.9 Å². The van der Waals surface area contributed by atoms with Crippen molar-refractivity contribution in [3.8, 4) is 17.6 Å². The van der Waals surface area contributed by atoms with Crippen LogP contribution in [0.2, 0.25) is 0 Å². The third-order valence-electron chi connectivity index (χ3n) is 2.41. The lowest BCUT2D eigenvalue weighted by atomic mass is 10.1. The van der Waals surface area contributed by atoms with E-state index in [1.54, 1.807) is 19.1 Å². The summed E-state index contributed by atoms with van der Waals surface area (Å²) in [5.41, 5.74) is 0.579. The summed E-state index contributed by atoms with van der Waals surface area (Å²) in [6.45, 7) is 2.07. The number of hydrogen-bond acceptors (Lipinski definition) is 5. The number of fused-ring (bicyclic) bond motifs is 1. The highest BCUT2D eigenvalue weighted by Gasteiger charge is 2.17. The van der Waals surface area contributed by atoms with E-state index in [2.05, 4.69) is 15.9 Å². The van der Waals surface area contributed by atoms with E-state index in [9.17, 15) is 4.79 Å². The maximum atomic E-state index is 11.5. The van der Waals surface area contributed by atoms with E-state index < -0.39 is 5.97 Å². The number of rotatable bonds is 3. The molecule has 6 heteroatoms. The fourth-order valence-electron chi connectivity index (χ4n) is 1.54. The summed E-state index contributed by atoms with van der Waals surface area (Å²) in [6, 6.07) is 5.25. The predicted octanol–water partition coefficient (Wildman–Crippen LogP) is 2.65. The van der Waals surface area contributed by atoms with Crippen molar-refractivity contribution >= 4 is 28.0 Å². The molecular formula is C13H10BrNO4. The molecule has 0 N–H and O–H groups in total. The lowest BCUT2D eigenvalue weighted by Gasteiger charge is -2.03. The third-order valence-corrected chi connectivity index (χ3v) is 3.09. The van der Waals surface area contributed by atoms with Crippen LogP contribution in [0.25, 0.3) is 6.08 Å². The fourth-order valence-corrected chi connectivity index (χ4v) is 1.98. The Morgan fingerprint density at radius 1 is 1.53 bits per heavy atom. The number of nitriles is 1. The van der Waals surface area contributed by atoms with Gasteiger partial charge in [0, 0.05) is 4.47 Å². The Bertz CT molecular complexity index is 589. The zero-order valence-electron chi connectivity index (χ0n) is 10.1. The molecule has 19 heavy (non-hydrogen) atoms. The van der Waals surface area contributed by atoms with E-state index in [0.717, 1.165) is 0 Å². The molecule has 1 aromatic rings. The minimum atomic E-state index is -0.644. The van der Waals surface area contributed by atoms with Crippen LogP contribution >= 0.6 is 15.9 Å². The molecule has 0 saturated heterocycles. The van der Waals surface area contributed by atoms with Crippen LogP contribution in [0, 0.1) is 11.3 Å². The van der Waals surface area contributed by atoms with Crippen LogP contribution in [0.4, 0.5) is 0 Å². The van der Waals surface area contributed by atoms with E-state index in [4.69, 9.17) is 19.5 Å². The highest BCUT2D eigenvalue weighted by Crippen LogP contribution is 2.37. The summed E-state index contributed by atoms with van der Waals surface area (Å²) in [4.78, 5) is 11.5. The summed E-state index contributed by atoms with van der Waals surface area (Å²) < 4.78 is 16.0. The Balaban J connectivity index is 2.36. The monoisotopic (exact) mass is 323 g/mol. The van der Waals surface area contributed by atoms with Crippen molar-refractivity contribution in [2.24, 2.45) is 0 Å². The molecule has 1 aliphatic rings. The molecule has 0 saturated carbocycles. The highest BCUT2D eigenvalue weighted by atomic mass is 79.9. The van der Waals surface area contributed by atoms with Crippen LogP contribution in [-0.4, -0.2) is 19.4 Å². The Kier molecular flexibility index (Phi) is 4.07. The van der Waals surface area contributed by atoms with Gasteiger partial charge in [-0.2, -0.15) is 5.26 Å². The molecule has 2 rings (SSSR count). The van der Waals surface area contributed by atoms with Gasteiger partial charge < -0.3 is 14.2 Å². The van der Waals surface area contributed by atoms with Gasteiger partial charge in [-0.3, -0.25) is 0 Å². The van der Waals surface area contributed by atoms with Crippen LogP contribution < -0.4 is 9.47 Å². The molecule has 0 bridgehead atoms. The molecule has 0 amide bonds. The molecule has 0 atom stereocenters. The number of benzene rings is 1. The standard InChI is InChI=1S/C13H10BrNO4/c1-2-17-13(16)9(6-15)3-8-4-11-12(5-10(8)14)19-7-18-11/h3-5H,2,7H2,1H3/b9-3+. The Labute approximate surface area is 118 Å². The Morgan fingerprint density at radius 2 is 2.21 bits per heavy atom. The van der Waals surface area contributed by atoms with Gasteiger partial charge in [0.2, 0.25) is 6.79 Å². The quantitative estimate of drug-likeness (QED) is 0.486. The average molecular weight is 324 g/mol. The third kappa shape index (κ3) is 2.88. The van der Waals surface area contributed by atoms with Crippen molar-refractivity contribution in [1.29, 1.82) is 5.26 Å². The van der Waals surface area contributed by atoms with Crippen LogP contribution in [0.1, 0.15) is 12.5 Å². The molecule has 0 aliphatic carbocycles. The van der Waals surface area contributed by atoms with E-state index in [0.29, 0.717) is 21.5 Å². The predicted molar refractivity (Wildman–Crippen MR) is 70.5 cm³/mol. The molecule has 1 aromatic carbocycles. The molecule has 1 heterocycles. The summed E-state index contributed by atoms with van der Waals surface area (Å²) in [6.07, 6.45) is 1.45. The van der Waals surface area contributed by atoms with Gasteiger partial charge in [0.25, 0.3) is 0 Å². The molecule has 1 aliphatic heterocycles. The van der Waals surface area contributed by atoms with Crippen molar-refractivity contribution < 1.29 is 19.0 Å². The lowest BCUT2D eigenvalue weighted by molar-refractivity contribution is -0.137. The van der Waals surface area contributed by atoms with Crippen LogP contribution in [0.15, 0.2) is 22.2 Å². The number of carbonyl (C=O) groups excluding carboxylic acids is 1. The summed E-state index contributed by atoms with van der Waals surface area (Å²) in [7, 11) is 0. The van der Waals surface area contributed by atoms with E-state index in [1.165, 1.54) is 6.08 Å². The first-order chi connectivity index (χ1) is 9.15. The van der Waals surface area contributed by atoms with Crippen molar-refractivity contribution in [1.82, 2.24) is 0 Å². The second kappa shape index (κ2) is 5.76. The first kappa shape index (κ1) is 13.4. The van der Waals surface area contributed by atoms with Gasteiger partial charge >= 0.3 is 5.97 Å². The lowest BCUT2D eigenvalue weighted by Crippen LogP contribution is -2.06. The molecule has 0 radical (unpaired) electrons. The molecule has 98 valence electrons. The van der Waals surface area contributed by atoms with Crippen molar-refractivity contribution in [3.63, 3.8) is 0 Å². The summed E-state index contributed by atoms with van der Waals surface area (Å²) in [5, 5.41) is 8.98. The number of esters is 1. The minimum Gasteiger partial charge on any atom is -0.462 e. The number of carbonyl (C=O) groups is 1. The number of nitrogens with zero attached hydrogens (tertiary/aromatic N) is 1. The smallest absolute Gasteiger partial charge is 0.348 e. The molecule has 0 fully saturated rings. The van der Waals surface area contributed by atoms with E-state index in [-0.39, 0.29) is 19.0 Å². The second-order valence-corrected chi connectivity index (χ2v) is 4.47. The number of halogens is 1. The zero-order valence-corrected chi connectivity index (χ0v) is 11.7. The van der Waals surface area contributed by atoms with Crippen molar-refractivity contribution in [2.45, 2.75) is 6.92 Å². The Morgan fingerprint density at radius 3 is 2.84 bits per heavy atom. The minimum absolute atomic E-state index is 0.0681. The highest BCUT2D eigenvalue weighted by molar-refractivity contribution is 9.10. The molecule has 5 nitrogen and oxygen atoms in total. The van der Waals surface area contributed by atoms with Crippen LogP contribution in [-0.2, 0) is 9.53 Å². The second-order valence-electron chi connectivity index (χ2n) is 3.62. The average Bonchev–Trinajstić information content (AvgIpc) is 2.83. The Hall–Kier alpha value is -2.00. The van der Waals surface area contributed by atoms with Gasteiger partial charge in [-0.15, -0.1) is 0 Å². The summed E-state index contributed by atoms with van der Waals surface area (Å²) >= 11 is 3.35. The summed E-state index contributed by atoms with van der Waals surface area (Å²) in [5.74, 6) is 0.559. The number of ether oxygens (including phenoxy) is 3. The van der Waals surface area contributed by atoms with E-state index in [1.807, 2.05) is 6.07 Å². The van der Waals surface area contributed by atoms with Gasteiger partial charge in [0.1, 0.15) is 11.6 Å². The molecule has 0 spiro atoms. The first-order valence-corrected chi connectivity index (χ1v) is 6.33.